The summed E-state index contributed by atoms with van der Waals surface area (Å²) in [6.45, 7) is 2.51. The molecule has 0 radical (unpaired) electrons. The van der Waals surface area contributed by atoms with Gasteiger partial charge in [-0.2, -0.15) is 0 Å². The molecule has 4 rings (SSSR count). The standard InChI is InChI=1S/C21H18F2N2O4S/c1-11-17(20(26)27-2)19(18-13(22)4-3-5-14(18)23)24-21(30)25(11)12-6-7-15-16(10-12)29-9-8-28-15/h3-7,10,19H,8-9H2,1-2H3,(H,24,30). The molecule has 2 heterocycles. The molecule has 0 saturated heterocycles. The summed E-state index contributed by atoms with van der Waals surface area (Å²) < 4.78 is 45.1. The highest BCUT2D eigenvalue weighted by molar-refractivity contribution is 7.80. The lowest BCUT2D eigenvalue weighted by Gasteiger charge is -2.37. The molecular weight excluding hydrogens is 414 g/mol. The predicted molar refractivity (Wildman–Crippen MR) is 109 cm³/mol. The van der Waals surface area contributed by atoms with Crippen molar-refractivity contribution in [2.24, 2.45) is 0 Å². The lowest BCUT2D eigenvalue weighted by Crippen LogP contribution is -2.48. The molecule has 30 heavy (non-hydrogen) atoms. The molecule has 1 atom stereocenters. The van der Waals surface area contributed by atoms with Crippen LogP contribution in [0.25, 0.3) is 0 Å². The normalized spacial score (nSPS) is 18.2. The summed E-state index contributed by atoms with van der Waals surface area (Å²) >= 11 is 5.49. The van der Waals surface area contributed by atoms with Crippen LogP contribution in [0.15, 0.2) is 47.7 Å². The molecule has 0 aromatic heterocycles. The smallest absolute Gasteiger partial charge is 0.337 e. The van der Waals surface area contributed by atoms with E-state index in [4.69, 9.17) is 26.4 Å². The molecule has 0 bridgehead atoms. The minimum Gasteiger partial charge on any atom is -0.486 e. The molecule has 2 aromatic carbocycles. The highest BCUT2D eigenvalue weighted by Gasteiger charge is 2.38. The number of methoxy groups -OCH3 is 1. The van der Waals surface area contributed by atoms with Crippen molar-refractivity contribution in [3.05, 3.63) is 64.9 Å². The Morgan fingerprint density at radius 1 is 1.17 bits per heavy atom. The van der Waals surface area contributed by atoms with Crippen LogP contribution in [0.3, 0.4) is 0 Å². The summed E-state index contributed by atoms with van der Waals surface area (Å²) in [6, 6.07) is 7.58. The number of anilines is 1. The number of nitrogens with zero attached hydrogens (tertiary/aromatic N) is 1. The number of hydrogen-bond acceptors (Lipinski definition) is 5. The Balaban J connectivity index is 1.85. The van der Waals surface area contributed by atoms with Crippen molar-refractivity contribution in [3.8, 4) is 11.5 Å². The Kier molecular flexibility index (Phi) is 5.29. The third-order valence-electron chi connectivity index (χ3n) is 4.96. The van der Waals surface area contributed by atoms with E-state index in [0.29, 0.717) is 36.1 Å². The van der Waals surface area contributed by atoms with E-state index in [-0.39, 0.29) is 16.2 Å². The van der Waals surface area contributed by atoms with Crippen LogP contribution in [0.5, 0.6) is 11.5 Å². The van der Waals surface area contributed by atoms with Gasteiger partial charge in [0, 0.05) is 11.8 Å². The van der Waals surface area contributed by atoms with Crippen molar-refractivity contribution in [3.63, 3.8) is 0 Å². The summed E-state index contributed by atoms with van der Waals surface area (Å²) in [5, 5.41) is 3.06. The van der Waals surface area contributed by atoms with Crippen LogP contribution in [-0.4, -0.2) is 31.4 Å². The molecule has 0 spiro atoms. The average Bonchev–Trinajstić information content (AvgIpc) is 2.73. The van der Waals surface area contributed by atoms with Crippen molar-refractivity contribution in [2.45, 2.75) is 13.0 Å². The van der Waals surface area contributed by atoms with E-state index in [1.54, 1.807) is 30.0 Å². The number of carbonyl (C=O) groups is 1. The van der Waals surface area contributed by atoms with E-state index in [1.807, 2.05) is 0 Å². The van der Waals surface area contributed by atoms with Gasteiger partial charge in [-0.3, -0.25) is 4.90 Å². The van der Waals surface area contributed by atoms with E-state index in [2.05, 4.69) is 5.32 Å². The van der Waals surface area contributed by atoms with Crippen LogP contribution < -0.4 is 19.7 Å². The van der Waals surface area contributed by atoms with Crippen molar-refractivity contribution >= 4 is 29.0 Å². The van der Waals surface area contributed by atoms with Crippen molar-refractivity contribution < 1.29 is 27.8 Å². The summed E-state index contributed by atoms with van der Waals surface area (Å²) in [7, 11) is 1.21. The summed E-state index contributed by atoms with van der Waals surface area (Å²) in [4.78, 5) is 14.2. The van der Waals surface area contributed by atoms with Gasteiger partial charge < -0.3 is 19.5 Å². The van der Waals surface area contributed by atoms with E-state index < -0.39 is 23.6 Å². The third-order valence-corrected chi connectivity index (χ3v) is 5.26. The quantitative estimate of drug-likeness (QED) is 0.587. The highest BCUT2D eigenvalue weighted by Crippen LogP contribution is 2.39. The molecular formula is C21H18F2N2O4S. The largest absolute Gasteiger partial charge is 0.486 e. The second-order valence-corrected chi connectivity index (χ2v) is 7.06. The first kappa shape index (κ1) is 20.1. The molecule has 2 aromatic rings. The topological polar surface area (TPSA) is 60.0 Å². The van der Waals surface area contributed by atoms with Crippen LogP contribution in [0.4, 0.5) is 14.5 Å². The van der Waals surface area contributed by atoms with Gasteiger partial charge in [-0.15, -0.1) is 0 Å². The van der Waals surface area contributed by atoms with Gasteiger partial charge in [-0.05, 0) is 43.4 Å². The zero-order chi connectivity index (χ0) is 21.4. The summed E-state index contributed by atoms with van der Waals surface area (Å²) in [6.07, 6.45) is 0. The number of ether oxygens (including phenoxy) is 3. The molecule has 1 unspecified atom stereocenters. The minimum atomic E-state index is -1.14. The van der Waals surface area contributed by atoms with Gasteiger partial charge >= 0.3 is 5.97 Å². The molecule has 2 aliphatic rings. The first-order chi connectivity index (χ1) is 14.4. The monoisotopic (exact) mass is 432 g/mol. The van der Waals surface area contributed by atoms with E-state index in [0.717, 1.165) is 12.1 Å². The number of thiocarbonyl (C=S) groups is 1. The minimum absolute atomic E-state index is 0.0463. The van der Waals surface area contributed by atoms with Crippen LogP contribution in [0.1, 0.15) is 18.5 Å². The maximum Gasteiger partial charge on any atom is 0.337 e. The third kappa shape index (κ3) is 3.35. The van der Waals surface area contributed by atoms with Gasteiger partial charge in [0.1, 0.15) is 24.8 Å². The molecule has 156 valence electrons. The van der Waals surface area contributed by atoms with Crippen LogP contribution in [0, 0.1) is 11.6 Å². The number of benzene rings is 2. The Bertz CT molecular complexity index is 1050. The summed E-state index contributed by atoms with van der Waals surface area (Å²) in [5.74, 6) is -1.18. The number of nitrogens with one attached hydrogen (secondary N) is 1. The molecule has 0 aliphatic carbocycles. The maximum absolute atomic E-state index is 14.5. The molecule has 6 nitrogen and oxygen atoms in total. The lowest BCUT2D eigenvalue weighted by atomic mass is 9.94. The number of esters is 1. The predicted octanol–water partition coefficient (Wildman–Crippen LogP) is 3.62. The second-order valence-electron chi connectivity index (χ2n) is 6.67. The molecule has 0 saturated carbocycles. The van der Waals surface area contributed by atoms with Gasteiger partial charge in [0.25, 0.3) is 0 Å². The number of carbonyl (C=O) groups excluding carboxylic acids is 1. The lowest BCUT2D eigenvalue weighted by molar-refractivity contribution is -0.136. The van der Waals surface area contributed by atoms with E-state index >= 15 is 0 Å². The maximum atomic E-state index is 14.5. The van der Waals surface area contributed by atoms with Gasteiger partial charge in [0.15, 0.2) is 16.6 Å². The molecule has 0 amide bonds. The van der Waals surface area contributed by atoms with Gasteiger partial charge in [-0.1, -0.05) is 6.07 Å². The fourth-order valence-corrected chi connectivity index (χ4v) is 3.96. The molecule has 0 fully saturated rings. The number of rotatable bonds is 3. The van der Waals surface area contributed by atoms with E-state index in [1.165, 1.54) is 13.2 Å². The first-order valence-electron chi connectivity index (χ1n) is 9.15. The Morgan fingerprint density at radius 2 is 1.83 bits per heavy atom. The van der Waals surface area contributed by atoms with Crippen LogP contribution in [0.2, 0.25) is 0 Å². The second kappa shape index (κ2) is 7.91. The number of fused-ring (bicyclic) bond motifs is 1. The van der Waals surface area contributed by atoms with Crippen molar-refractivity contribution in [1.82, 2.24) is 5.32 Å². The Hall–Kier alpha value is -3.20. The Labute approximate surface area is 177 Å². The zero-order valence-corrected chi connectivity index (χ0v) is 17.0. The van der Waals surface area contributed by atoms with E-state index in [9.17, 15) is 13.6 Å². The van der Waals surface area contributed by atoms with Crippen LogP contribution in [-0.2, 0) is 9.53 Å². The SMILES string of the molecule is COC(=O)C1=C(C)N(c2ccc3c(c2)OCCO3)C(=S)NC1c1c(F)cccc1F. The molecule has 2 aliphatic heterocycles. The first-order valence-corrected chi connectivity index (χ1v) is 9.56. The number of hydrogen-bond donors (Lipinski definition) is 1. The number of halogens is 2. The highest BCUT2D eigenvalue weighted by atomic mass is 32.1. The Morgan fingerprint density at radius 3 is 2.50 bits per heavy atom. The average molecular weight is 432 g/mol. The molecule has 9 heteroatoms. The van der Waals surface area contributed by atoms with Crippen LogP contribution >= 0.6 is 12.2 Å². The fourth-order valence-electron chi connectivity index (χ4n) is 3.60. The fraction of sp³-hybridized carbons (Fsp3) is 0.238. The van der Waals surface area contributed by atoms with Gasteiger partial charge in [0.05, 0.1) is 30.0 Å². The summed E-state index contributed by atoms with van der Waals surface area (Å²) in [5.41, 5.74) is 0.726. The van der Waals surface area contributed by atoms with Gasteiger partial charge in [0.2, 0.25) is 0 Å². The van der Waals surface area contributed by atoms with Gasteiger partial charge in [-0.25, -0.2) is 13.6 Å². The molecule has 1 N–H and O–H groups in total. The van der Waals surface area contributed by atoms with Crippen molar-refractivity contribution in [2.75, 3.05) is 25.2 Å². The number of allylic oxidation sites excluding steroid dienone is 1. The van der Waals surface area contributed by atoms with Crippen molar-refractivity contribution in [1.29, 1.82) is 0 Å². The zero-order valence-electron chi connectivity index (χ0n) is 16.2.